The lowest BCUT2D eigenvalue weighted by molar-refractivity contribution is -0.136. The quantitative estimate of drug-likeness (QED) is 0.323. The first-order valence-corrected chi connectivity index (χ1v) is 12.2. The summed E-state index contributed by atoms with van der Waals surface area (Å²) in [5, 5.41) is 0. The zero-order chi connectivity index (χ0) is 23.3. The molecule has 7 nitrogen and oxygen atoms in total. The van der Waals surface area contributed by atoms with Crippen molar-refractivity contribution in [2.45, 2.75) is 50.6 Å². The van der Waals surface area contributed by atoms with Gasteiger partial charge in [0.25, 0.3) is 5.91 Å². The summed E-state index contributed by atoms with van der Waals surface area (Å²) in [5.41, 5.74) is 0.203. The van der Waals surface area contributed by atoms with Gasteiger partial charge < -0.3 is 19.3 Å². The summed E-state index contributed by atoms with van der Waals surface area (Å²) in [7, 11) is 3.29. The summed E-state index contributed by atoms with van der Waals surface area (Å²) in [6.07, 6.45) is 10.3. The van der Waals surface area contributed by atoms with Crippen LogP contribution in [-0.4, -0.2) is 79.2 Å². The zero-order valence-electron chi connectivity index (χ0n) is 20.0. The van der Waals surface area contributed by atoms with E-state index in [1.807, 2.05) is 29.2 Å². The van der Waals surface area contributed by atoms with Gasteiger partial charge in [0.2, 0.25) is 0 Å². The maximum atomic E-state index is 13.7. The second-order valence-corrected chi connectivity index (χ2v) is 9.50. The van der Waals surface area contributed by atoms with E-state index in [1.54, 1.807) is 14.2 Å². The molecule has 0 saturated carbocycles. The minimum atomic E-state index is -0.722. The Morgan fingerprint density at radius 2 is 1.82 bits per heavy atom. The first-order valence-electron chi connectivity index (χ1n) is 12.2. The molecular formula is C26H37N3O4. The molecule has 0 N–H and O–H groups in total. The predicted octanol–water partition coefficient (Wildman–Crippen LogP) is 3.69. The molecule has 2 saturated heterocycles. The highest BCUT2D eigenvalue weighted by atomic mass is 16.5. The van der Waals surface area contributed by atoms with Gasteiger partial charge in [-0.2, -0.15) is 0 Å². The van der Waals surface area contributed by atoms with Crippen molar-refractivity contribution in [1.29, 1.82) is 0 Å². The molecule has 0 unspecified atom stereocenters. The number of methoxy groups -OCH3 is 2. The Morgan fingerprint density at radius 1 is 1.06 bits per heavy atom. The molecule has 2 aliphatic heterocycles. The van der Waals surface area contributed by atoms with E-state index >= 15 is 0 Å². The second kappa shape index (κ2) is 10.7. The molecule has 1 aliphatic carbocycles. The fraction of sp³-hybridized carbons (Fsp3) is 0.615. The van der Waals surface area contributed by atoms with Gasteiger partial charge >= 0.3 is 6.03 Å². The van der Waals surface area contributed by atoms with Gasteiger partial charge in [0.05, 0.1) is 13.7 Å². The van der Waals surface area contributed by atoms with Gasteiger partial charge in [0.1, 0.15) is 11.3 Å². The topological polar surface area (TPSA) is 62.3 Å². The van der Waals surface area contributed by atoms with Crippen LogP contribution >= 0.6 is 0 Å². The maximum absolute atomic E-state index is 13.7. The second-order valence-electron chi connectivity index (χ2n) is 9.50. The lowest BCUT2D eigenvalue weighted by Gasteiger charge is -2.43. The van der Waals surface area contributed by atoms with Crippen molar-refractivity contribution in [3.63, 3.8) is 0 Å². The summed E-state index contributed by atoms with van der Waals surface area (Å²) in [5.74, 6) is 1.42. The molecular weight excluding hydrogens is 418 g/mol. The lowest BCUT2D eigenvalue weighted by atomic mass is 9.84. The Kier molecular flexibility index (Phi) is 7.71. The van der Waals surface area contributed by atoms with Crippen LogP contribution in [0.15, 0.2) is 36.4 Å². The number of carbonyl (C=O) groups is 2. The molecule has 2 heterocycles. The van der Waals surface area contributed by atoms with E-state index in [0.29, 0.717) is 38.5 Å². The Balaban J connectivity index is 1.47. The summed E-state index contributed by atoms with van der Waals surface area (Å²) >= 11 is 0. The first-order chi connectivity index (χ1) is 16.1. The summed E-state index contributed by atoms with van der Waals surface area (Å²) in [6, 6.07) is 7.40. The van der Waals surface area contributed by atoms with Crippen molar-refractivity contribution in [2.24, 2.45) is 5.92 Å². The average molecular weight is 456 g/mol. The van der Waals surface area contributed by atoms with Crippen molar-refractivity contribution in [3.05, 3.63) is 42.0 Å². The Labute approximate surface area is 197 Å². The van der Waals surface area contributed by atoms with Crippen LogP contribution in [0.25, 0.3) is 0 Å². The Bertz CT molecular complexity index is 846. The van der Waals surface area contributed by atoms with Gasteiger partial charge in [-0.3, -0.25) is 9.69 Å². The van der Waals surface area contributed by atoms with Gasteiger partial charge in [-0.15, -0.1) is 0 Å². The summed E-state index contributed by atoms with van der Waals surface area (Å²) < 4.78 is 10.5. The highest BCUT2D eigenvalue weighted by molar-refractivity contribution is 6.07. The molecule has 2 fully saturated rings. The van der Waals surface area contributed by atoms with Crippen LogP contribution in [-0.2, 0) is 16.1 Å². The van der Waals surface area contributed by atoms with Crippen LogP contribution in [0.3, 0.4) is 0 Å². The van der Waals surface area contributed by atoms with Gasteiger partial charge in [-0.1, -0.05) is 24.3 Å². The standard InChI is InChI=1S/C26H37N3O4/c1-32-18-6-15-29-25(31)28(20-22-9-11-23(33-2)12-10-22)24(30)26(29)13-16-27(17-14-26)19-21-7-4-3-5-8-21/h3-4,9-12,21H,5-8,13-20H2,1-2H3/t21-/m0/s1. The number of amides is 3. The fourth-order valence-corrected chi connectivity index (χ4v) is 5.49. The van der Waals surface area contributed by atoms with Crippen molar-refractivity contribution in [2.75, 3.05) is 47.0 Å². The van der Waals surface area contributed by atoms with Gasteiger partial charge in [-0.25, -0.2) is 4.79 Å². The maximum Gasteiger partial charge on any atom is 0.327 e. The van der Waals surface area contributed by atoms with E-state index < -0.39 is 5.54 Å². The molecule has 0 bridgehead atoms. The lowest BCUT2D eigenvalue weighted by Crippen LogP contribution is -2.57. The van der Waals surface area contributed by atoms with E-state index in [2.05, 4.69) is 17.1 Å². The normalized spacial score (nSPS) is 23.0. The van der Waals surface area contributed by atoms with Crippen LogP contribution in [0.4, 0.5) is 4.79 Å². The highest BCUT2D eigenvalue weighted by Crippen LogP contribution is 2.38. The molecule has 1 aromatic rings. The minimum Gasteiger partial charge on any atom is -0.497 e. The average Bonchev–Trinajstić information content (AvgIpc) is 3.03. The molecule has 3 aliphatic rings. The SMILES string of the molecule is COCCCN1C(=O)N(Cc2ccc(OC)cc2)C(=O)C12CCN(C[C@H]1CC=CCC1)CC2. The van der Waals surface area contributed by atoms with Crippen molar-refractivity contribution >= 4 is 11.9 Å². The molecule has 33 heavy (non-hydrogen) atoms. The van der Waals surface area contributed by atoms with Gasteiger partial charge in [0.15, 0.2) is 0 Å². The third-order valence-corrected chi connectivity index (χ3v) is 7.43. The van der Waals surface area contributed by atoms with E-state index in [-0.39, 0.29) is 11.9 Å². The van der Waals surface area contributed by atoms with Crippen LogP contribution in [0.1, 0.15) is 44.1 Å². The molecule has 1 atom stereocenters. The molecule has 0 radical (unpaired) electrons. The Morgan fingerprint density at radius 3 is 2.45 bits per heavy atom. The number of urea groups is 1. The number of carbonyl (C=O) groups excluding carboxylic acids is 2. The number of piperidine rings is 1. The number of benzene rings is 1. The van der Waals surface area contributed by atoms with E-state index in [1.165, 1.54) is 17.7 Å². The fourth-order valence-electron chi connectivity index (χ4n) is 5.49. The number of nitrogens with zero attached hydrogens (tertiary/aromatic N) is 3. The minimum absolute atomic E-state index is 0.0408. The van der Waals surface area contributed by atoms with Crippen molar-refractivity contribution in [1.82, 2.24) is 14.7 Å². The van der Waals surface area contributed by atoms with Crippen LogP contribution < -0.4 is 4.74 Å². The molecule has 180 valence electrons. The zero-order valence-corrected chi connectivity index (χ0v) is 20.0. The summed E-state index contributed by atoms with van der Waals surface area (Å²) in [6.45, 7) is 4.22. The monoisotopic (exact) mass is 455 g/mol. The number of imide groups is 1. The largest absolute Gasteiger partial charge is 0.497 e. The third-order valence-electron chi connectivity index (χ3n) is 7.43. The number of hydrogen-bond donors (Lipinski definition) is 0. The molecule has 4 rings (SSSR count). The van der Waals surface area contributed by atoms with Crippen molar-refractivity contribution < 1.29 is 19.1 Å². The first kappa shape index (κ1) is 23.8. The third kappa shape index (κ3) is 5.09. The van der Waals surface area contributed by atoms with E-state index in [9.17, 15) is 9.59 Å². The molecule has 7 heteroatoms. The van der Waals surface area contributed by atoms with E-state index in [0.717, 1.165) is 43.8 Å². The number of ether oxygens (including phenoxy) is 2. The smallest absolute Gasteiger partial charge is 0.327 e. The van der Waals surface area contributed by atoms with Crippen LogP contribution in [0, 0.1) is 5.92 Å². The number of hydrogen-bond acceptors (Lipinski definition) is 5. The Hall–Kier alpha value is -2.38. The molecule has 0 aromatic heterocycles. The number of allylic oxidation sites excluding steroid dienone is 2. The van der Waals surface area contributed by atoms with Crippen molar-refractivity contribution in [3.8, 4) is 5.75 Å². The highest BCUT2D eigenvalue weighted by Gasteiger charge is 2.57. The molecule has 1 spiro atoms. The van der Waals surface area contributed by atoms with Gasteiger partial charge in [0, 0.05) is 39.9 Å². The molecule has 3 amide bonds. The van der Waals surface area contributed by atoms with E-state index in [4.69, 9.17) is 9.47 Å². The molecule has 1 aromatic carbocycles. The summed E-state index contributed by atoms with van der Waals surface area (Å²) in [4.78, 5) is 33.0. The predicted molar refractivity (Wildman–Crippen MR) is 127 cm³/mol. The number of rotatable bonds is 9. The van der Waals surface area contributed by atoms with Crippen LogP contribution in [0.2, 0.25) is 0 Å². The number of likely N-dealkylation sites (tertiary alicyclic amines) is 1. The van der Waals surface area contributed by atoms with Crippen LogP contribution in [0.5, 0.6) is 5.75 Å². The van der Waals surface area contributed by atoms with Gasteiger partial charge in [-0.05, 0) is 62.1 Å².